The monoisotopic (exact) mass is 368 g/mol. The Balaban J connectivity index is 2.33. The lowest BCUT2D eigenvalue weighted by Gasteiger charge is -2.15. The first-order valence-electron chi connectivity index (χ1n) is 8.56. The fourth-order valence-corrected chi connectivity index (χ4v) is 3.12. The summed E-state index contributed by atoms with van der Waals surface area (Å²) < 4.78 is 28.4. The summed E-state index contributed by atoms with van der Waals surface area (Å²) in [5.41, 5.74) is 0.939. The Morgan fingerprint density at radius 2 is 1.84 bits per heavy atom. The van der Waals surface area contributed by atoms with E-state index in [0.29, 0.717) is 5.76 Å². The van der Waals surface area contributed by atoms with E-state index in [9.17, 15) is 9.36 Å². The molecular formula is C19H29O5P. The van der Waals surface area contributed by atoms with Crippen molar-refractivity contribution in [1.82, 2.24) is 0 Å². The zero-order valence-corrected chi connectivity index (χ0v) is 16.5. The minimum atomic E-state index is -3.13. The average Bonchev–Trinajstić information content (AvgIpc) is 2.57. The third kappa shape index (κ3) is 9.59. The van der Waals surface area contributed by atoms with Crippen LogP contribution in [0.2, 0.25) is 0 Å². The predicted octanol–water partition coefficient (Wildman–Crippen LogP) is 4.97. The molecule has 0 N–H and O–H groups in total. The van der Waals surface area contributed by atoms with E-state index in [-0.39, 0.29) is 31.5 Å². The highest BCUT2D eigenvalue weighted by atomic mass is 31.2. The molecule has 0 aromatic heterocycles. The van der Waals surface area contributed by atoms with Crippen LogP contribution in [0.25, 0.3) is 0 Å². The topological polar surface area (TPSA) is 61.8 Å². The highest BCUT2D eigenvalue weighted by molar-refractivity contribution is 7.52. The van der Waals surface area contributed by atoms with Gasteiger partial charge in [0.05, 0.1) is 19.0 Å². The van der Waals surface area contributed by atoms with Gasteiger partial charge in [0.1, 0.15) is 12.4 Å². The van der Waals surface area contributed by atoms with Gasteiger partial charge in [0.15, 0.2) is 0 Å². The number of hydrogen-bond acceptors (Lipinski definition) is 5. The Hall–Kier alpha value is -1.42. The molecule has 5 nitrogen and oxygen atoms in total. The largest absolute Gasteiger partial charge is 0.496 e. The van der Waals surface area contributed by atoms with E-state index < -0.39 is 7.60 Å². The number of ether oxygens (including phenoxy) is 1. The van der Waals surface area contributed by atoms with Crippen LogP contribution in [0, 0.1) is 5.92 Å². The minimum Gasteiger partial charge on any atom is -0.496 e. The quantitative estimate of drug-likeness (QED) is 0.296. The van der Waals surface area contributed by atoms with Crippen LogP contribution in [-0.2, 0) is 29.8 Å². The molecule has 0 radical (unpaired) electrons. The fourth-order valence-electron chi connectivity index (χ4n) is 2.26. The maximum atomic E-state index is 12.2. The van der Waals surface area contributed by atoms with Crippen LogP contribution < -0.4 is 0 Å². The number of carbonyl (C=O) groups is 1. The summed E-state index contributed by atoms with van der Waals surface area (Å²) in [7, 11) is -3.13. The molecule has 0 spiro atoms. The molecule has 2 unspecified atom stereocenters. The van der Waals surface area contributed by atoms with Crippen LogP contribution in [0.5, 0.6) is 0 Å². The molecule has 0 aliphatic carbocycles. The second kappa shape index (κ2) is 11.2. The smallest absolute Gasteiger partial charge is 0.328 e. The van der Waals surface area contributed by atoms with E-state index in [2.05, 4.69) is 0 Å². The van der Waals surface area contributed by atoms with Gasteiger partial charge >= 0.3 is 7.60 Å². The lowest BCUT2D eigenvalue weighted by molar-refractivity contribution is -0.119. The zero-order valence-electron chi connectivity index (χ0n) is 15.6. The van der Waals surface area contributed by atoms with Crippen molar-refractivity contribution in [2.75, 3.05) is 19.9 Å². The number of Topliss-reactive ketones (excluding diaryl/α,β-unsaturated/α-hetero) is 1. The number of benzene rings is 1. The van der Waals surface area contributed by atoms with Crippen molar-refractivity contribution in [1.29, 1.82) is 0 Å². The van der Waals surface area contributed by atoms with Gasteiger partial charge in [-0.3, -0.25) is 9.36 Å². The first kappa shape index (κ1) is 21.6. The van der Waals surface area contributed by atoms with Crippen LogP contribution in [0.4, 0.5) is 0 Å². The van der Waals surface area contributed by atoms with Gasteiger partial charge in [-0.25, -0.2) is 0 Å². The highest BCUT2D eigenvalue weighted by Gasteiger charge is 2.17. The summed E-state index contributed by atoms with van der Waals surface area (Å²) in [5, 5.41) is 0. The second-order valence-electron chi connectivity index (χ2n) is 6.00. The maximum absolute atomic E-state index is 12.2. The van der Waals surface area contributed by atoms with Crippen molar-refractivity contribution < 1.29 is 23.1 Å². The van der Waals surface area contributed by atoms with E-state index in [4.69, 9.17) is 13.8 Å². The summed E-state index contributed by atoms with van der Waals surface area (Å²) >= 11 is 0. The molecular weight excluding hydrogens is 339 g/mol. The van der Waals surface area contributed by atoms with E-state index in [1.807, 2.05) is 50.3 Å². The molecule has 0 saturated carbocycles. The Bertz CT molecular complexity index is 597. The molecule has 0 fully saturated rings. The second-order valence-corrected chi connectivity index (χ2v) is 8.05. The number of rotatable bonds is 12. The van der Waals surface area contributed by atoms with Gasteiger partial charge in [0.2, 0.25) is 0 Å². The van der Waals surface area contributed by atoms with Gasteiger partial charge in [-0.15, -0.1) is 0 Å². The summed E-state index contributed by atoms with van der Waals surface area (Å²) in [6.07, 6.45) is 3.59. The lowest BCUT2D eigenvalue weighted by Crippen LogP contribution is -2.09. The summed E-state index contributed by atoms with van der Waals surface area (Å²) in [6.45, 7) is 7.55. The van der Waals surface area contributed by atoms with E-state index >= 15 is 0 Å². The van der Waals surface area contributed by atoms with Crippen LogP contribution in [0.15, 0.2) is 42.2 Å². The Morgan fingerprint density at radius 3 is 2.44 bits per heavy atom. The van der Waals surface area contributed by atoms with Crippen LogP contribution in [0.3, 0.4) is 0 Å². The molecule has 6 heteroatoms. The molecule has 0 heterocycles. The normalized spacial score (nSPS) is 15.4. The molecule has 0 amide bonds. The molecule has 0 saturated heterocycles. The van der Waals surface area contributed by atoms with Gasteiger partial charge in [-0.2, -0.15) is 0 Å². The Kier molecular flexibility index (Phi) is 9.73. The van der Waals surface area contributed by atoms with Gasteiger partial charge < -0.3 is 13.8 Å². The molecule has 0 bridgehead atoms. The molecule has 1 rings (SSSR count). The number of allylic oxidation sites excluding steroid dienone is 2. The minimum absolute atomic E-state index is 0.114. The van der Waals surface area contributed by atoms with Gasteiger partial charge in [-0.05, 0) is 31.9 Å². The van der Waals surface area contributed by atoms with Gasteiger partial charge in [0, 0.05) is 12.6 Å². The van der Waals surface area contributed by atoms with E-state index in [1.54, 1.807) is 6.92 Å². The Labute approximate surface area is 150 Å². The van der Waals surface area contributed by atoms with Crippen molar-refractivity contribution in [2.24, 2.45) is 5.92 Å². The number of hydrogen-bond donors (Lipinski definition) is 0. The van der Waals surface area contributed by atoms with E-state index in [1.165, 1.54) is 6.66 Å². The fraction of sp³-hybridized carbons (Fsp3) is 0.526. The number of carbonyl (C=O) groups excluding carboxylic acids is 1. The summed E-state index contributed by atoms with van der Waals surface area (Å²) in [5.74, 6) is 0.694. The molecule has 1 aromatic carbocycles. The number of ketones is 1. The zero-order chi connectivity index (χ0) is 18.7. The average molecular weight is 368 g/mol. The van der Waals surface area contributed by atoms with Crippen molar-refractivity contribution in [3.05, 3.63) is 47.7 Å². The summed E-state index contributed by atoms with van der Waals surface area (Å²) in [4.78, 5) is 11.5. The lowest BCUT2D eigenvalue weighted by atomic mass is 9.99. The molecule has 0 aliphatic heterocycles. The van der Waals surface area contributed by atoms with Crippen molar-refractivity contribution >= 4 is 13.4 Å². The van der Waals surface area contributed by atoms with Crippen molar-refractivity contribution in [2.45, 2.75) is 40.2 Å². The SMILES string of the molecule is CCCC(/C=C(\C)OCCOP(C)(=O)OCc1ccccc1)C(C)=O. The van der Waals surface area contributed by atoms with Crippen molar-refractivity contribution in [3.8, 4) is 0 Å². The van der Waals surface area contributed by atoms with Crippen molar-refractivity contribution in [3.63, 3.8) is 0 Å². The molecule has 25 heavy (non-hydrogen) atoms. The van der Waals surface area contributed by atoms with Gasteiger partial charge in [0.25, 0.3) is 0 Å². The highest BCUT2D eigenvalue weighted by Crippen LogP contribution is 2.44. The first-order valence-corrected chi connectivity index (χ1v) is 10.5. The van der Waals surface area contributed by atoms with Crippen LogP contribution in [-0.4, -0.2) is 25.7 Å². The third-order valence-electron chi connectivity index (χ3n) is 3.61. The standard InChI is InChI=1S/C19H29O5P/c1-5-9-19(17(3)20)14-16(2)22-12-13-23-25(4,21)24-15-18-10-7-6-8-11-18/h6-8,10-11,14,19H,5,9,12-13,15H2,1-4H3/b16-14+. The first-order chi connectivity index (χ1) is 11.8. The third-order valence-corrected chi connectivity index (χ3v) is 4.85. The molecule has 2 atom stereocenters. The summed E-state index contributed by atoms with van der Waals surface area (Å²) in [6, 6.07) is 9.51. The Morgan fingerprint density at radius 1 is 1.16 bits per heavy atom. The molecule has 140 valence electrons. The van der Waals surface area contributed by atoms with Crippen LogP contribution in [0.1, 0.15) is 39.2 Å². The molecule has 0 aliphatic rings. The maximum Gasteiger partial charge on any atom is 0.328 e. The predicted molar refractivity (Wildman–Crippen MR) is 99.5 cm³/mol. The van der Waals surface area contributed by atoms with Gasteiger partial charge in [-0.1, -0.05) is 43.7 Å². The molecule has 1 aromatic rings. The van der Waals surface area contributed by atoms with E-state index in [0.717, 1.165) is 18.4 Å². The van der Waals surface area contributed by atoms with Crippen LogP contribution >= 0.6 is 7.60 Å².